The van der Waals surface area contributed by atoms with Gasteiger partial charge in [0.05, 0.1) is 4.90 Å². The van der Waals surface area contributed by atoms with E-state index in [9.17, 15) is 13.0 Å². The molecule has 0 unspecified atom stereocenters. The fraction of sp³-hybridized carbons (Fsp3) is 0. The van der Waals surface area contributed by atoms with Gasteiger partial charge in [0.25, 0.3) is 10.1 Å². The minimum atomic E-state index is -4.18. The van der Waals surface area contributed by atoms with Crippen molar-refractivity contribution >= 4 is 23.9 Å². The van der Waals surface area contributed by atoms with Crippen LogP contribution in [0.25, 0.3) is 0 Å². The molecule has 66 valence electrons. The van der Waals surface area contributed by atoms with Crippen LogP contribution >= 0.6 is 8.46 Å². The molecule has 7 heteroatoms. The zero-order valence-electron chi connectivity index (χ0n) is 7.84. The van der Waals surface area contributed by atoms with E-state index in [1.165, 1.54) is 18.2 Å². The van der Waals surface area contributed by atoms with Crippen LogP contribution in [0.5, 0.6) is 0 Å². The van der Waals surface area contributed by atoms with Gasteiger partial charge in [-0.1, -0.05) is 6.07 Å². The number of hydrogen-bond acceptors (Lipinski definition) is 3. The van der Waals surface area contributed by atoms with Crippen LogP contribution in [0.2, 0.25) is 0 Å². The third kappa shape index (κ3) is 4.55. The third-order valence-corrected chi connectivity index (χ3v) is 2.56. The van der Waals surface area contributed by atoms with Gasteiger partial charge in [0.15, 0.2) is 8.46 Å². The van der Waals surface area contributed by atoms with Gasteiger partial charge in [-0.25, -0.2) is 0 Å². The van der Waals surface area contributed by atoms with Crippen molar-refractivity contribution < 1.29 is 87.9 Å². The zero-order chi connectivity index (χ0) is 9.19. The van der Waals surface area contributed by atoms with Crippen LogP contribution in [-0.2, 0) is 14.7 Å². The van der Waals surface area contributed by atoms with E-state index in [0.717, 1.165) is 6.07 Å². The van der Waals surface area contributed by atoms with E-state index in [4.69, 9.17) is 4.55 Å². The first-order chi connectivity index (χ1) is 5.54. The Hall–Kier alpha value is 1.28. The molecule has 4 nitrogen and oxygen atoms in total. The van der Waals surface area contributed by atoms with Crippen LogP contribution < -0.4 is 74.2 Å². The molecule has 13 heavy (non-hydrogen) atoms. The van der Waals surface area contributed by atoms with E-state index in [-0.39, 0.29) is 83.7 Å². The number of rotatable bonds is 2. The molecule has 0 aromatic heterocycles. The molecule has 0 atom stereocenters. The van der Waals surface area contributed by atoms with Gasteiger partial charge in [-0.15, -0.1) is 0 Å². The maximum absolute atomic E-state index is 10.6. The summed E-state index contributed by atoms with van der Waals surface area (Å²) in [4.78, 5) is -0.247. The second kappa shape index (κ2) is 5.99. The molecule has 1 rings (SSSR count). The van der Waals surface area contributed by atoms with Gasteiger partial charge in [-0.3, -0.25) is 9.12 Å². The number of hydrogen-bond donors (Lipinski definition) is 1. The van der Waals surface area contributed by atoms with E-state index >= 15 is 0 Å². The summed E-state index contributed by atoms with van der Waals surface area (Å²) in [6.45, 7) is 0. The maximum Gasteiger partial charge on any atom is 1.00 e. The predicted molar refractivity (Wildman–Crippen MR) is 44.6 cm³/mol. The van der Waals surface area contributed by atoms with Crippen molar-refractivity contribution in [3.8, 4) is 0 Å². The fourth-order valence-electron chi connectivity index (χ4n) is 0.701. The van der Waals surface area contributed by atoms with Crippen molar-refractivity contribution in [3.63, 3.8) is 0 Å². The summed E-state index contributed by atoms with van der Waals surface area (Å²) >= 11 is 0. The molecule has 0 fully saturated rings. The Morgan fingerprint density at radius 1 is 1.38 bits per heavy atom. The Bertz CT molecular complexity index is 408. The summed E-state index contributed by atoms with van der Waals surface area (Å²) in [7, 11) is -4.45. The Kier molecular flexibility index (Phi) is 6.59. The molecule has 1 aromatic rings. The normalized spacial score (nSPS) is 10.8. The van der Waals surface area contributed by atoms with Crippen molar-refractivity contribution in [2.45, 2.75) is 4.90 Å². The second-order valence-electron chi connectivity index (χ2n) is 2.06. The van der Waals surface area contributed by atoms with Gasteiger partial charge >= 0.3 is 68.9 Å². The second-order valence-corrected chi connectivity index (χ2v) is 4.18. The molecule has 1 N–H and O–H groups in total. The first kappa shape index (κ1) is 14.3. The first-order valence-corrected chi connectivity index (χ1v) is 5.20. The Morgan fingerprint density at radius 2 is 2.00 bits per heavy atom. The van der Waals surface area contributed by atoms with Gasteiger partial charge in [0.1, 0.15) is 0 Å². The van der Waals surface area contributed by atoms with Crippen LogP contribution in [0.3, 0.4) is 0 Å². The molecule has 0 radical (unpaired) electrons. The molecule has 0 aliphatic rings. The van der Waals surface area contributed by atoms with Crippen LogP contribution in [0.1, 0.15) is 1.43 Å². The van der Waals surface area contributed by atoms with E-state index < -0.39 is 10.1 Å². The van der Waals surface area contributed by atoms with Crippen LogP contribution in [0.4, 0.5) is 0 Å². The Morgan fingerprint density at radius 3 is 2.46 bits per heavy atom. The fourth-order valence-corrected chi connectivity index (χ4v) is 1.65. The summed E-state index contributed by atoms with van der Waals surface area (Å²) in [5.41, 5.74) is 0. The largest absolute Gasteiger partial charge is 1.00 e. The minimum absolute atomic E-state index is 0. The van der Waals surface area contributed by atoms with Crippen LogP contribution in [0.15, 0.2) is 29.2 Å². The van der Waals surface area contributed by atoms with Crippen molar-refractivity contribution in [2.75, 3.05) is 0 Å². The standard InChI is InChI=1S/C6H5O4PS.Cs.H/c7-11-5-2-1-3-6(4-5)12(8,9)10;;/h1-4H,(H,8,9,10);;/q;+1;-1. The molecule has 0 amide bonds. The summed E-state index contributed by atoms with van der Waals surface area (Å²) in [6.07, 6.45) is 0. The third-order valence-electron chi connectivity index (χ3n) is 1.22. The van der Waals surface area contributed by atoms with Crippen molar-refractivity contribution in [3.05, 3.63) is 24.3 Å². The Labute approximate surface area is 138 Å². The first-order valence-electron chi connectivity index (χ1n) is 2.95. The molecule has 0 aliphatic heterocycles. The van der Waals surface area contributed by atoms with Gasteiger partial charge in [0.2, 0.25) is 0 Å². The summed E-state index contributed by atoms with van der Waals surface area (Å²) in [5, 5.41) is 0.310. The molecule has 0 bridgehead atoms. The van der Waals surface area contributed by atoms with E-state index in [1.54, 1.807) is 0 Å². The number of benzene rings is 1. The van der Waals surface area contributed by atoms with Crippen molar-refractivity contribution in [1.82, 2.24) is 0 Å². The summed E-state index contributed by atoms with van der Waals surface area (Å²) < 4.78 is 40.0. The topological polar surface area (TPSA) is 71.4 Å². The van der Waals surface area contributed by atoms with Gasteiger partial charge in [0, 0.05) is 5.30 Å². The van der Waals surface area contributed by atoms with E-state index in [0.29, 0.717) is 5.30 Å². The molecular weight excluding hydrogens is 332 g/mol. The van der Waals surface area contributed by atoms with Gasteiger partial charge < -0.3 is 1.43 Å². The van der Waals surface area contributed by atoms with E-state index in [2.05, 4.69) is 0 Å². The van der Waals surface area contributed by atoms with Crippen LogP contribution in [-0.4, -0.2) is 13.0 Å². The average Bonchev–Trinajstić information content (AvgIpc) is 2.03. The van der Waals surface area contributed by atoms with Gasteiger partial charge in [-0.05, 0) is 18.2 Å². The summed E-state index contributed by atoms with van der Waals surface area (Å²) in [6, 6.07) is 5.26. The van der Waals surface area contributed by atoms with Crippen molar-refractivity contribution in [2.24, 2.45) is 0 Å². The zero-order valence-corrected chi connectivity index (χ0v) is 14.8. The average molecular weight is 338 g/mol. The summed E-state index contributed by atoms with van der Waals surface area (Å²) in [5.74, 6) is 0. The SMILES string of the molecule is O=Pc1cccc(S(=O)(=O)O)c1.[Cs+].[H-]. The van der Waals surface area contributed by atoms with Crippen LogP contribution in [0, 0.1) is 0 Å². The molecule has 0 spiro atoms. The molecule has 0 aliphatic carbocycles. The van der Waals surface area contributed by atoms with Crippen molar-refractivity contribution in [1.29, 1.82) is 0 Å². The van der Waals surface area contributed by atoms with Gasteiger partial charge in [-0.2, -0.15) is 8.42 Å². The minimum Gasteiger partial charge on any atom is -1.00 e. The maximum atomic E-state index is 10.6. The quantitative estimate of drug-likeness (QED) is 0.499. The van der Waals surface area contributed by atoms with E-state index in [1.807, 2.05) is 0 Å². The monoisotopic (exact) mass is 338 g/mol. The molecular formula is C6H6CsO4PS. The molecule has 0 saturated carbocycles. The smallest absolute Gasteiger partial charge is 1.00 e. The Balaban J connectivity index is 0. The molecule has 0 saturated heterocycles. The molecule has 1 aromatic carbocycles. The molecule has 0 heterocycles. The predicted octanol–water partition coefficient (Wildman–Crippen LogP) is -2.03.